The number of hydrogen-bond acceptors (Lipinski definition) is 3. The molecule has 0 spiro atoms. The molecule has 1 aliphatic carbocycles. The summed E-state index contributed by atoms with van der Waals surface area (Å²) < 4.78 is 0. The van der Waals surface area contributed by atoms with Gasteiger partial charge in [0.25, 0.3) is 0 Å². The number of hydrogen-bond donors (Lipinski definition) is 0. The fraction of sp³-hybridized carbons (Fsp3) is 0.240. The van der Waals surface area contributed by atoms with Gasteiger partial charge in [0.15, 0.2) is 5.78 Å². The van der Waals surface area contributed by atoms with Crippen molar-refractivity contribution in [2.45, 2.75) is 6.42 Å². The van der Waals surface area contributed by atoms with Crippen LogP contribution in [0.3, 0.4) is 0 Å². The van der Waals surface area contributed by atoms with Crippen molar-refractivity contribution in [3.8, 4) is 11.1 Å². The smallest absolute Gasteiger partial charge is 0.176 e. The molecule has 1 fully saturated rings. The summed E-state index contributed by atoms with van der Waals surface area (Å²) in [5.74, 6) is 0.223. The Morgan fingerprint density at radius 3 is 2.29 bits per heavy atom. The molecule has 140 valence electrons. The third kappa shape index (κ3) is 3.23. The number of piperazine rings is 1. The molecule has 5 rings (SSSR count). The van der Waals surface area contributed by atoms with Crippen LogP contribution in [0.2, 0.25) is 0 Å². The summed E-state index contributed by atoms with van der Waals surface area (Å²) in [6, 6.07) is 25.3. The average molecular weight is 368 g/mol. The maximum atomic E-state index is 12.9. The van der Waals surface area contributed by atoms with Gasteiger partial charge in [-0.05, 0) is 46.9 Å². The summed E-state index contributed by atoms with van der Waals surface area (Å²) in [7, 11) is 0. The van der Waals surface area contributed by atoms with Crippen LogP contribution in [0.15, 0.2) is 72.8 Å². The van der Waals surface area contributed by atoms with E-state index in [9.17, 15) is 4.79 Å². The van der Waals surface area contributed by atoms with Gasteiger partial charge in [-0.2, -0.15) is 0 Å². The Bertz CT molecular complexity index is 1000. The highest BCUT2D eigenvalue weighted by atomic mass is 16.1. The van der Waals surface area contributed by atoms with Crippen LogP contribution in [0.5, 0.6) is 0 Å². The first kappa shape index (κ1) is 17.2. The van der Waals surface area contributed by atoms with Crippen LogP contribution >= 0.6 is 0 Å². The SMILES string of the molecule is O=C(CN1CCN(c2ccccc2)CC1)c1ccc2c(c1)-c1ccccc1C2. The summed E-state index contributed by atoms with van der Waals surface area (Å²) in [6.07, 6.45) is 0.974. The van der Waals surface area contributed by atoms with E-state index in [4.69, 9.17) is 0 Å². The summed E-state index contributed by atoms with van der Waals surface area (Å²) in [5.41, 5.74) is 7.30. The first-order valence-electron chi connectivity index (χ1n) is 10.0. The minimum absolute atomic E-state index is 0.223. The Kier molecular flexibility index (Phi) is 4.46. The van der Waals surface area contributed by atoms with Gasteiger partial charge in [0.2, 0.25) is 0 Å². The summed E-state index contributed by atoms with van der Waals surface area (Å²) in [6.45, 7) is 4.29. The normalized spacial score (nSPS) is 15.9. The zero-order valence-electron chi connectivity index (χ0n) is 16.0. The zero-order valence-corrected chi connectivity index (χ0v) is 16.0. The quantitative estimate of drug-likeness (QED) is 0.503. The summed E-state index contributed by atoms with van der Waals surface area (Å²) in [5, 5.41) is 0. The zero-order chi connectivity index (χ0) is 18.9. The number of carbonyl (C=O) groups excluding carboxylic acids is 1. The third-order valence-electron chi connectivity index (χ3n) is 5.98. The van der Waals surface area contributed by atoms with Crippen molar-refractivity contribution < 1.29 is 4.79 Å². The van der Waals surface area contributed by atoms with E-state index in [0.717, 1.165) is 38.2 Å². The molecule has 3 aromatic carbocycles. The molecule has 0 N–H and O–H groups in total. The minimum atomic E-state index is 0.223. The second kappa shape index (κ2) is 7.25. The molecule has 3 aromatic rings. The van der Waals surface area contributed by atoms with Gasteiger partial charge >= 0.3 is 0 Å². The van der Waals surface area contributed by atoms with Gasteiger partial charge in [-0.1, -0.05) is 54.6 Å². The molecule has 2 aliphatic rings. The predicted molar refractivity (Wildman–Crippen MR) is 114 cm³/mol. The molecule has 3 heteroatoms. The van der Waals surface area contributed by atoms with Crippen LogP contribution in [0.25, 0.3) is 11.1 Å². The van der Waals surface area contributed by atoms with Crippen LogP contribution in [0, 0.1) is 0 Å². The van der Waals surface area contributed by atoms with Crippen LogP contribution in [-0.4, -0.2) is 43.4 Å². The molecule has 0 unspecified atom stereocenters. The molecule has 0 radical (unpaired) electrons. The first-order valence-corrected chi connectivity index (χ1v) is 10.0. The van der Waals surface area contributed by atoms with Crippen LogP contribution in [0.1, 0.15) is 21.5 Å². The number of Topliss-reactive ketones (excluding diaryl/α,β-unsaturated/α-hetero) is 1. The van der Waals surface area contributed by atoms with Gasteiger partial charge in [-0.25, -0.2) is 0 Å². The van der Waals surface area contributed by atoms with Gasteiger partial charge in [0, 0.05) is 37.4 Å². The lowest BCUT2D eigenvalue weighted by Crippen LogP contribution is -2.48. The van der Waals surface area contributed by atoms with E-state index in [-0.39, 0.29) is 5.78 Å². The fourth-order valence-electron chi connectivity index (χ4n) is 4.39. The van der Waals surface area contributed by atoms with Gasteiger partial charge < -0.3 is 4.90 Å². The molecule has 0 aromatic heterocycles. The molecule has 0 atom stereocenters. The number of fused-ring (bicyclic) bond motifs is 3. The van der Waals surface area contributed by atoms with E-state index in [2.05, 4.69) is 70.5 Å². The van der Waals surface area contributed by atoms with E-state index in [1.165, 1.54) is 27.9 Å². The second-order valence-corrected chi connectivity index (χ2v) is 7.73. The Labute approximate surface area is 166 Å². The largest absolute Gasteiger partial charge is 0.369 e. The Morgan fingerprint density at radius 1 is 0.750 bits per heavy atom. The minimum Gasteiger partial charge on any atom is -0.369 e. The Balaban J connectivity index is 1.25. The standard InChI is InChI=1S/C25H24N2O/c28-25(18-26-12-14-27(15-13-26)22-7-2-1-3-8-22)21-11-10-20-16-19-6-4-5-9-23(19)24(20)17-21/h1-11,17H,12-16,18H2. The van der Waals surface area contributed by atoms with Crippen molar-refractivity contribution >= 4 is 11.5 Å². The molecular formula is C25H24N2O. The van der Waals surface area contributed by atoms with Crippen molar-refractivity contribution in [1.82, 2.24) is 4.90 Å². The van der Waals surface area contributed by atoms with Crippen LogP contribution in [-0.2, 0) is 6.42 Å². The molecule has 1 aliphatic heterocycles. The maximum absolute atomic E-state index is 12.9. The van der Waals surface area contributed by atoms with Gasteiger partial charge in [-0.3, -0.25) is 9.69 Å². The maximum Gasteiger partial charge on any atom is 0.176 e. The molecular weight excluding hydrogens is 344 g/mol. The molecule has 1 saturated heterocycles. The van der Waals surface area contributed by atoms with E-state index in [0.29, 0.717) is 6.54 Å². The number of nitrogens with zero attached hydrogens (tertiary/aromatic N) is 2. The average Bonchev–Trinajstić information content (AvgIpc) is 3.13. The monoisotopic (exact) mass is 368 g/mol. The summed E-state index contributed by atoms with van der Waals surface area (Å²) >= 11 is 0. The second-order valence-electron chi connectivity index (χ2n) is 7.73. The highest BCUT2D eigenvalue weighted by molar-refractivity contribution is 5.99. The van der Waals surface area contributed by atoms with Crippen LogP contribution in [0.4, 0.5) is 5.69 Å². The number of rotatable bonds is 4. The molecule has 0 saturated carbocycles. The van der Waals surface area contributed by atoms with Crippen molar-refractivity contribution in [3.63, 3.8) is 0 Å². The molecule has 1 heterocycles. The number of ketones is 1. The number of anilines is 1. The molecule has 28 heavy (non-hydrogen) atoms. The topological polar surface area (TPSA) is 23.6 Å². The molecule has 0 bridgehead atoms. The first-order chi connectivity index (χ1) is 13.8. The number of para-hydroxylation sites is 1. The van der Waals surface area contributed by atoms with Crippen molar-refractivity contribution in [1.29, 1.82) is 0 Å². The number of carbonyl (C=O) groups is 1. The predicted octanol–water partition coefficient (Wildman–Crippen LogP) is 4.26. The highest BCUT2D eigenvalue weighted by Crippen LogP contribution is 2.36. The van der Waals surface area contributed by atoms with Gasteiger partial charge in [-0.15, -0.1) is 0 Å². The summed E-state index contributed by atoms with van der Waals surface area (Å²) in [4.78, 5) is 17.6. The van der Waals surface area contributed by atoms with E-state index in [1.54, 1.807) is 0 Å². The van der Waals surface area contributed by atoms with Crippen molar-refractivity contribution in [3.05, 3.63) is 89.5 Å². The van der Waals surface area contributed by atoms with E-state index < -0.39 is 0 Å². The molecule has 3 nitrogen and oxygen atoms in total. The van der Waals surface area contributed by atoms with E-state index in [1.807, 2.05) is 12.1 Å². The number of benzene rings is 3. The van der Waals surface area contributed by atoms with Gasteiger partial charge in [0.1, 0.15) is 0 Å². The Hall–Kier alpha value is -2.91. The lowest BCUT2D eigenvalue weighted by molar-refractivity contribution is 0.0926. The highest BCUT2D eigenvalue weighted by Gasteiger charge is 2.22. The van der Waals surface area contributed by atoms with Crippen molar-refractivity contribution in [2.24, 2.45) is 0 Å². The van der Waals surface area contributed by atoms with Crippen LogP contribution < -0.4 is 4.90 Å². The molecule has 0 amide bonds. The van der Waals surface area contributed by atoms with Gasteiger partial charge in [0.05, 0.1) is 6.54 Å². The lowest BCUT2D eigenvalue weighted by Gasteiger charge is -2.35. The fourth-order valence-corrected chi connectivity index (χ4v) is 4.39. The third-order valence-corrected chi connectivity index (χ3v) is 5.98. The Morgan fingerprint density at radius 2 is 1.46 bits per heavy atom. The van der Waals surface area contributed by atoms with E-state index >= 15 is 0 Å². The lowest BCUT2D eigenvalue weighted by atomic mass is 10.0. The van der Waals surface area contributed by atoms with Crippen molar-refractivity contribution in [2.75, 3.05) is 37.6 Å².